The minimum absolute atomic E-state index is 0.392. The van der Waals surface area contributed by atoms with Gasteiger partial charge in [-0.1, -0.05) is 23.5 Å². The third-order valence-corrected chi connectivity index (χ3v) is 2.71. The zero-order chi connectivity index (χ0) is 10.7. The topological polar surface area (TPSA) is 74.2 Å². The summed E-state index contributed by atoms with van der Waals surface area (Å²) < 4.78 is 1.01. The largest absolute Gasteiger partial charge is 0.376 e. The second-order valence-corrected chi connectivity index (χ2v) is 3.81. The first-order valence-electron chi connectivity index (χ1n) is 4.31. The van der Waals surface area contributed by atoms with Crippen LogP contribution < -0.4 is 10.6 Å². The number of hydrogen-bond acceptors (Lipinski definition) is 4. The number of rotatable bonds is 2. The number of carbonyl (C=O) groups excluding carboxylic acids is 1. The lowest BCUT2D eigenvalue weighted by molar-refractivity contribution is 0.228. The van der Waals surface area contributed by atoms with Crippen LogP contribution in [0.5, 0.6) is 0 Å². The number of nitrogens with one attached hydrogen (secondary N) is 2. The van der Waals surface area contributed by atoms with Crippen molar-refractivity contribution in [1.29, 1.82) is 0 Å². The van der Waals surface area contributed by atoms with Gasteiger partial charge in [0, 0.05) is 0 Å². The molecule has 0 fully saturated rings. The first kappa shape index (κ1) is 9.88. The van der Waals surface area contributed by atoms with E-state index in [2.05, 4.69) is 15.6 Å². The number of aliphatic hydroxyl groups excluding tert-OH is 1. The van der Waals surface area contributed by atoms with E-state index in [1.165, 1.54) is 11.3 Å². The number of hydrogen-bond donors (Lipinski definition) is 3. The molecule has 0 bridgehead atoms. The van der Waals surface area contributed by atoms with Gasteiger partial charge < -0.3 is 10.4 Å². The number of urea groups is 1. The summed E-state index contributed by atoms with van der Waals surface area (Å²) >= 11 is 1.39. The van der Waals surface area contributed by atoms with E-state index in [4.69, 9.17) is 5.11 Å². The number of aliphatic hydroxyl groups is 1. The summed E-state index contributed by atoms with van der Waals surface area (Å²) in [6, 6.07) is 7.15. The molecule has 1 aromatic carbocycles. The normalized spacial score (nSPS) is 10.2. The van der Waals surface area contributed by atoms with E-state index in [1.54, 1.807) is 0 Å². The number of benzene rings is 1. The number of carbonyl (C=O) groups is 1. The third-order valence-electron chi connectivity index (χ3n) is 1.75. The molecular weight excluding hydrogens is 214 g/mol. The molecular formula is C9H9N3O2S. The van der Waals surface area contributed by atoms with Crippen LogP contribution in [0.3, 0.4) is 0 Å². The highest BCUT2D eigenvalue weighted by Crippen LogP contribution is 2.24. The fourth-order valence-electron chi connectivity index (χ4n) is 1.14. The molecule has 1 heterocycles. The average Bonchev–Trinajstić information content (AvgIpc) is 2.59. The maximum Gasteiger partial charge on any atom is 0.322 e. The van der Waals surface area contributed by atoms with Crippen molar-refractivity contribution < 1.29 is 9.90 Å². The third kappa shape index (κ3) is 2.23. The SMILES string of the molecule is O=C(NCO)Nc1nc2ccccc2s1. The lowest BCUT2D eigenvalue weighted by Crippen LogP contribution is -2.29. The monoisotopic (exact) mass is 223 g/mol. The molecule has 78 valence electrons. The minimum Gasteiger partial charge on any atom is -0.376 e. The van der Waals surface area contributed by atoms with Gasteiger partial charge in [0.1, 0.15) is 6.73 Å². The van der Waals surface area contributed by atoms with Crippen LogP contribution in [-0.4, -0.2) is 22.9 Å². The molecule has 0 saturated heterocycles. The smallest absolute Gasteiger partial charge is 0.322 e. The van der Waals surface area contributed by atoms with E-state index in [0.717, 1.165) is 10.2 Å². The molecule has 15 heavy (non-hydrogen) atoms. The molecule has 0 radical (unpaired) electrons. The first-order valence-corrected chi connectivity index (χ1v) is 5.12. The van der Waals surface area contributed by atoms with Gasteiger partial charge in [-0.05, 0) is 12.1 Å². The lowest BCUT2D eigenvalue weighted by Gasteiger charge is -1.99. The summed E-state index contributed by atoms with van der Waals surface area (Å²) in [6.45, 7) is -0.392. The van der Waals surface area contributed by atoms with Crippen molar-refractivity contribution in [1.82, 2.24) is 10.3 Å². The number of nitrogens with zero attached hydrogens (tertiary/aromatic N) is 1. The van der Waals surface area contributed by atoms with Crippen LogP contribution in [0.4, 0.5) is 9.93 Å². The Morgan fingerprint density at radius 3 is 3.00 bits per heavy atom. The molecule has 2 aromatic rings. The number of amides is 2. The van der Waals surface area contributed by atoms with Gasteiger partial charge in [-0.3, -0.25) is 5.32 Å². The fraction of sp³-hybridized carbons (Fsp3) is 0.111. The quantitative estimate of drug-likeness (QED) is 0.673. The van der Waals surface area contributed by atoms with Gasteiger partial charge in [0.25, 0.3) is 0 Å². The summed E-state index contributed by atoms with van der Waals surface area (Å²) in [6.07, 6.45) is 0. The van der Waals surface area contributed by atoms with Gasteiger partial charge in [-0.15, -0.1) is 0 Å². The molecule has 0 spiro atoms. The highest BCUT2D eigenvalue weighted by atomic mass is 32.1. The zero-order valence-corrected chi connectivity index (χ0v) is 8.54. The lowest BCUT2D eigenvalue weighted by atomic mass is 10.3. The number of aromatic nitrogens is 1. The second-order valence-electron chi connectivity index (χ2n) is 2.78. The van der Waals surface area contributed by atoms with Crippen LogP contribution in [0, 0.1) is 0 Å². The van der Waals surface area contributed by atoms with E-state index in [-0.39, 0.29) is 0 Å². The number of para-hydroxylation sites is 1. The molecule has 2 rings (SSSR count). The number of fused-ring (bicyclic) bond motifs is 1. The van der Waals surface area contributed by atoms with Crippen LogP contribution >= 0.6 is 11.3 Å². The van der Waals surface area contributed by atoms with Crippen molar-refractivity contribution in [2.75, 3.05) is 12.0 Å². The molecule has 0 aliphatic carbocycles. The van der Waals surface area contributed by atoms with Crippen LogP contribution in [0.15, 0.2) is 24.3 Å². The van der Waals surface area contributed by atoms with Gasteiger partial charge >= 0.3 is 6.03 Å². The Hall–Kier alpha value is -1.66. The molecule has 0 aliphatic rings. The zero-order valence-electron chi connectivity index (χ0n) is 7.73. The summed E-state index contributed by atoms with van der Waals surface area (Å²) in [5.74, 6) is 0. The van der Waals surface area contributed by atoms with Gasteiger partial charge in [0.05, 0.1) is 10.2 Å². The van der Waals surface area contributed by atoms with Gasteiger partial charge in [0.2, 0.25) is 0 Å². The highest BCUT2D eigenvalue weighted by molar-refractivity contribution is 7.22. The molecule has 0 aliphatic heterocycles. The highest BCUT2D eigenvalue weighted by Gasteiger charge is 2.05. The predicted molar refractivity (Wildman–Crippen MR) is 58.9 cm³/mol. The van der Waals surface area contributed by atoms with Crippen molar-refractivity contribution in [3.8, 4) is 0 Å². The van der Waals surface area contributed by atoms with Crippen LogP contribution in [-0.2, 0) is 0 Å². The summed E-state index contributed by atoms with van der Waals surface area (Å²) in [4.78, 5) is 15.3. The van der Waals surface area contributed by atoms with E-state index in [0.29, 0.717) is 5.13 Å². The Balaban J connectivity index is 2.18. The molecule has 0 unspecified atom stereocenters. The first-order chi connectivity index (χ1) is 7.29. The van der Waals surface area contributed by atoms with Crippen molar-refractivity contribution in [3.05, 3.63) is 24.3 Å². The van der Waals surface area contributed by atoms with Gasteiger partial charge in [0.15, 0.2) is 5.13 Å². The Labute approximate surface area is 89.8 Å². The molecule has 0 saturated carbocycles. The Kier molecular flexibility index (Phi) is 2.79. The van der Waals surface area contributed by atoms with Crippen molar-refractivity contribution >= 4 is 32.7 Å². The second kappa shape index (κ2) is 4.24. The number of anilines is 1. The van der Waals surface area contributed by atoms with E-state index in [1.807, 2.05) is 24.3 Å². The minimum atomic E-state index is -0.462. The Bertz CT molecular complexity index is 450. The Morgan fingerprint density at radius 2 is 2.27 bits per heavy atom. The maximum atomic E-state index is 11.1. The average molecular weight is 223 g/mol. The van der Waals surface area contributed by atoms with Crippen molar-refractivity contribution in [3.63, 3.8) is 0 Å². The van der Waals surface area contributed by atoms with E-state index < -0.39 is 12.8 Å². The molecule has 0 atom stereocenters. The fourth-order valence-corrected chi connectivity index (χ4v) is 2.00. The standard InChI is InChI=1S/C9H9N3O2S/c13-5-10-8(14)12-9-11-6-3-1-2-4-7(6)15-9/h1-4,13H,5H2,(H2,10,11,12,14). The molecule has 1 aromatic heterocycles. The summed E-state index contributed by atoms with van der Waals surface area (Å²) in [5.41, 5.74) is 0.849. The molecule has 5 nitrogen and oxygen atoms in total. The van der Waals surface area contributed by atoms with E-state index in [9.17, 15) is 4.79 Å². The number of thiazole rings is 1. The van der Waals surface area contributed by atoms with E-state index >= 15 is 0 Å². The van der Waals surface area contributed by atoms with Gasteiger partial charge in [-0.2, -0.15) is 0 Å². The molecule has 3 N–H and O–H groups in total. The van der Waals surface area contributed by atoms with Gasteiger partial charge in [-0.25, -0.2) is 9.78 Å². The summed E-state index contributed by atoms with van der Waals surface area (Å²) in [5, 5.41) is 13.7. The van der Waals surface area contributed by atoms with Crippen molar-refractivity contribution in [2.24, 2.45) is 0 Å². The van der Waals surface area contributed by atoms with Crippen LogP contribution in [0.1, 0.15) is 0 Å². The molecule has 6 heteroatoms. The van der Waals surface area contributed by atoms with Crippen LogP contribution in [0.25, 0.3) is 10.2 Å². The van der Waals surface area contributed by atoms with Crippen molar-refractivity contribution in [2.45, 2.75) is 0 Å². The molecule has 2 amide bonds. The Morgan fingerprint density at radius 1 is 1.47 bits per heavy atom. The predicted octanol–water partition coefficient (Wildman–Crippen LogP) is 1.37. The van der Waals surface area contributed by atoms with Crippen LogP contribution in [0.2, 0.25) is 0 Å². The summed E-state index contributed by atoms with van der Waals surface area (Å²) in [7, 11) is 0. The maximum absolute atomic E-state index is 11.1.